The molecule has 1 aliphatic heterocycles. The number of hydrogen-bond acceptors (Lipinski definition) is 1. The smallest absolute Gasteiger partial charge is 0.188 e. The van der Waals surface area contributed by atoms with Gasteiger partial charge < -0.3 is 13.9 Å². The minimum atomic E-state index is -3.23. The molecule has 12 rings (SSSR count). The number of para-hydroxylation sites is 5. The van der Waals surface area contributed by atoms with Crippen LogP contribution in [0.4, 0.5) is 0 Å². The van der Waals surface area contributed by atoms with Gasteiger partial charge >= 0.3 is 0 Å². The first kappa shape index (κ1) is 28.1. The molecule has 0 amide bonds. The monoisotopic (exact) mass is 761 g/mol. The highest BCUT2D eigenvalue weighted by molar-refractivity contribution is 7.20. The summed E-state index contributed by atoms with van der Waals surface area (Å²) in [4.78, 5) is 0. The lowest BCUT2D eigenvalue weighted by molar-refractivity contribution is 0.487. The fraction of sp³-hybridized carbons (Fsp3) is 0. The summed E-state index contributed by atoms with van der Waals surface area (Å²) in [5, 5.41) is 9.19. The summed E-state index contributed by atoms with van der Waals surface area (Å²) in [6.07, 6.45) is 0. The molecule has 11 aromatic rings. The molecular weight excluding hydrogens is 721 g/mol. The first-order valence-electron chi connectivity index (χ1n) is 22.0. The van der Waals surface area contributed by atoms with Gasteiger partial charge in [-0.15, -0.1) is 0 Å². The van der Waals surface area contributed by atoms with Crippen molar-refractivity contribution in [1.29, 1.82) is 0 Å². The Labute approximate surface area is 344 Å². The summed E-state index contributed by atoms with van der Waals surface area (Å²) in [6, 6.07) is 64.6. The van der Waals surface area contributed by atoms with Gasteiger partial charge in [0.2, 0.25) is 0 Å². The number of rotatable bonds is 5. The molecule has 1 unspecified atom stereocenters. The van der Waals surface area contributed by atoms with E-state index in [2.05, 4.69) is 179 Å². The topological polar surface area (TPSA) is 19.1 Å². The van der Waals surface area contributed by atoms with Crippen LogP contribution >= 0.6 is 0 Å². The molecule has 0 N–H and O–H groups in total. The van der Waals surface area contributed by atoms with Gasteiger partial charge in [0.1, 0.15) is 11.5 Å². The van der Waals surface area contributed by atoms with Gasteiger partial charge in [0.25, 0.3) is 0 Å². The fourth-order valence-electron chi connectivity index (χ4n) is 9.51. The molecule has 272 valence electrons. The lowest BCUT2D eigenvalue weighted by Crippen LogP contribution is -2.76. The van der Waals surface area contributed by atoms with E-state index in [4.69, 9.17) is 11.6 Å². The average Bonchev–Trinajstić information content (AvgIpc) is 3.85. The van der Waals surface area contributed by atoms with Gasteiger partial charge in [-0.1, -0.05) is 164 Å². The maximum Gasteiger partial charge on any atom is 0.188 e. The summed E-state index contributed by atoms with van der Waals surface area (Å²) in [7, 11) is -3.23. The highest BCUT2D eigenvalue weighted by Crippen LogP contribution is 2.37. The summed E-state index contributed by atoms with van der Waals surface area (Å²) in [5.74, 6) is 1.57. The van der Waals surface area contributed by atoms with Gasteiger partial charge in [-0.3, -0.25) is 0 Å². The maximum atomic E-state index is 8.76. The number of aromatic nitrogens is 2. The predicted molar refractivity (Wildman–Crippen MR) is 244 cm³/mol. The van der Waals surface area contributed by atoms with Crippen molar-refractivity contribution in [3.63, 3.8) is 0 Å². The van der Waals surface area contributed by atoms with Gasteiger partial charge in [-0.2, -0.15) is 0 Å². The van der Waals surface area contributed by atoms with E-state index in [0.29, 0.717) is 5.56 Å². The van der Waals surface area contributed by atoms with Crippen molar-refractivity contribution in [2.24, 2.45) is 0 Å². The molecule has 1 atom stereocenters. The molecule has 2 aromatic heterocycles. The number of ether oxygens (including phenoxy) is 1. The molecule has 0 radical (unpaired) electrons. The molecule has 0 saturated heterocycles. The average molecular weight is 762 g/mol. The highest BCUT2D eigenvalue weighted by atomic mass is 28.3. The van der Waals surface area contributed by atoms with E-state index in [1.807, 2.05) is 18.2 Å². The zero-order valence-electron chi connectivity index (χ0n) is 36.2. The van der Waals surface area contributed by atoms with E-state index in [1.54, 1.807) is 0 Å². The Kier molecular flexibility index (Phi) is 6.20. The number of benzene rings is 9. The van der Waals surface area contributed by atoms with E-state index in [0.717, 1.165) is 65.7 Å². The molecule has 58 heavy (non-hydrogen) atoms. The molecule has 0 fully saturated rings. The van der Waals surface area contributed by atoms with Crippen LogP contribution in [-0.4, -0.2) is 17.2 Å². The Morgan fingerprint density at radius 3 is 1.40 bits per heavy atom. The third-order valence-electron chi connectivity index (χ3n) is 12.0. The minimum absolute atomic E-state index is 0.183. The summed E-state index contributed by atoms with van der Waals surface area (Å²) >= 11 is 0. The zero-order valence-corrected chi connectivity index (χ0v) is 32.2. The zero-order chi connectivity index (χ0) is 42.6. The Hall–Kier alpha value is -7.40. The molecule has 3 nitrogen and oxygen atoms in total. The van der Waals surface area contributed by atoms with Gasteiger partial charge in [-0.05, 0) is 80.4 Å². The molecule has 1 aliphatic rings. The molecule has 9 aromatic carbocycles. The molecule has 4 heteroatoms. The van der Waals surface area contributed by atoms with Crippen LogP contribution in [0.3, 0.4) is 0 Å². The van der Waals surface area contributed by atoms with Crippen molar-refractivity contribution in [3.8, 4) is 34.0 Å². The molecule has 0 spiro atoms. The van der Waals surface area contributed by atoms with Gasteiger partial charge in [0, 0.05) is 39.0 Å². The molecule has 0 saturated carbocycles. The number of fused-ring (bicyclic) bond motifs is 8. The standard InChI is InChI=1S/C54H36N2OSi/c1-2-14-37(15-3-1)38-26-31-41(32-27-38)58(42-33-28-39(29-34-42)55-47-20-8-4-16-43(47)44-17-5-9-21-48(44)55)53-25-13-12-24-51(53)57-52-36-40(30-35-54(52)58)56-49-22-10-6-18-45(49)46-19-7-11-23-50(46)56/h1-36H/i1D,2D,3D,14D,15D. The number of hydrogen-bond donors (Lipinski definition) is 0. The fourth-order valence-corrected chi connectivity index (χ4v) is 14.4. The number of nitrogens with zero attached hydrogens (tertiary/aromatic N) is 2. The van der Waals surface area contributed by atoms with Crippen molar-refractivity contribution < 1.29 is 11.6 Å². The Morgan fingerprint density at radius 2 is 0.828 bits per heavy atom. The van der Waals surface area contributed by atoms with Gasteiger partial charge in [0.15, 0.2) is 8.07 Å². The third-order valence-corrected chi connectivity index (χ3v) is 16.8. The molecule has 3 heterocycles. The van der Waals surface area contributed by atoms with Gasteiger partial charge in [-0.25, -0.2) is 0 Å². The lowest BCUT2D eigenvalue weighted by Gasteiger charge is -2.40. The highest BCUT2D eigenvalue weighted by Gasteiger charge is 2.48. The third kappa shape index (κ3) is 4.73. The normalized spacial score (nSPS) is 16.0. The minimum Gasteiger partial charge on any atom is -0.457 e. The summed E-state index contributed by atoms with van der Waals surface area (Å²) < 4.78 is 54.1. The Balaban J connectivity index is 1.11. The van der Waals surface area contributed by atoms with Crippen LogP contribution < -0.4 is 25.5 Å². The molecule has 0 bridgehead atoms. The van der Waals surface area contributed by atoms with Crippen molar-refractivity contribution in [3.05, 3.63) is 218 Å². The Morgan fingerprint density at radius 1 is 0.379 bits per heavy atom. The van der Waals surface area contributed by atoms with Crippen LogP contribution in [0.15, 0.2) is 218 Å². The van der Waals surface area contributed by atoms with Crippen molar-refractivity contribution in [2.45, 2.75) is 0 Å². The second kappa shape index (κ2) is 12.8. The van der Waals surface area contributed by atoms with Crippen molar-refractivity contribution in [2.75, 3.05) is 0 Å². The van der Waals surface area contributed by atoms with E-state index < -0.39 is 14.1 Å². The van der Waals surface area contributed by atoms with E-state index in [9.17, 15) is 0 Å². The maximum absolute atomic E-state index is 8.76. The first-order chi connectivity index (χ1) is 30.8. The van der Waals surface area contributed by atoms with E-state index in [1.165, 1.54) is 21.5 Å². The summed E-state index contributed by atoms with van der Waals surface area (Å²) in [6.45, 7) is 0. The molecular formula is C54H36N2OSi. The second-order valence-corrected chi connectivity index (χ2v) is 18.6. The van der Waals surface area contributed by atoms with Crippen LogP contribution in [-0.2, 0) is 0 Å². The van der Waals surface area contributed by atoms with Crippen molar-refractivity contribution >= 4 is 72.4 Å². The van der Waals surface area contributed by atoms with Crippen molar-refractivity contribution in [1.82, 2.24) is 9.13 Å². The Bertz CT molecular complexity index is 3540. The lowest BCUT2D eigenvalue weighted by atomic mass is 10.1. The van der Waals surface area contributed by atoms with Crippen LogP contribution in [0.2, 0.25) is 0 Å². The first-order valence-corrected chi connectivity index (χ1v) is 21.5. The van der Waals surface area contributed by atoms with Crippen LogP contribution in [0.25, 0.3) is 66.1 Å². The van der Waals surface area contributed by atoms with E-state index >= 15 is 0 Å². The van der Waals surface area contributed by atoms with Crippen LogP contribution in [0, 0.1) is 0 Å². The largest absolute Gasteiger partial charge is 0.457 e. The van der Waals surface area contributed by atoms with E-state index in [-0.39, 0.29) is 29.7 Å². The SMILES string of the molecule is [2H]c1c([2H])c([2H])c(-c2ccc([Si]3(c4ccc(-n5c6ccccc6c6ccccc65)cc4)c4ccccc4Oc4cc(-n5c6ccccc6c6ccccc65)ccc43)cc2)c([2H])c1[2H]. The van der Waals surface area contributed by atoms with Crippen LogP contribution in [0.5, 0.6) is 11.5 Å². The quantitative estimate of drug-likeness (QED) is 0.160. The molecule has 0 aliphatic carbocycles. The summed E-state index contributed by atoms with van der Waals surface area (Å²) in [5.41, 5.74) is 7.29. The van der Waals surface area contributed by atoms with Gasteiger partial charge in [0.05, 0.1) is 28.9 Å². The second-order valence-electron chi connectivity index (χ2n) is 14.9. The van der Waals surface area contributed by atoms with Crippen LogP contribution in [0.1, 0.15) is 6.85 Å². The predicted octanol–water partition coefficient (Wildman–Crippen LogP) is 11.0.